The van der Waals surface area contributed by atoms with Crippen LogP contribution < -0.4 is 9.64 Å². The van der Waals surface area contributed by atoms with Crippen molar-refractivity contribution in [1.29, 1.82) is 5.26 Å². The van der Waals surface area contributed by atoms with Crippen LogP contribution in [-0.4, -0.2) is 36.8 Å². The number of anilines is 1. The SMILES string of the molecule is CC1(CC#N)Cc2cc([N+](=O)[O-])c(N3CCOCC3)cc2O1. The molecule has 0 spiro atoms. The topological polar surface area (TPSA) is 88.6 Å². The van der Waals surface area contributed by atoms with Crippen LogP contribution >= 0.6 is 0 Å². The van der Waals surface area contributed by atoms with Crippen LogP contribution in [0.1, 0.15) is 18.9 Å². The van der Waals surface area contributed by atoms with E-state index in [0.29, 0.717) is 44.2 Å². The molecule has 2 aliphatic rings. The lowest BCUT2D eigenvalue weighted by Gasteiger charge is -2.28. The van der Waals surface area contributed by atoms with Crippen LogP contribution in [0.3, 0.4) is 0 Å². The summed E-state index contributed by atoms with van der Waals surface area (Å²) in [5.74, 6) is 0.643. The van der Waals surface area contributed by atoms with Crippen molar-refractivity contribution in [3.05, 3.63) is 27.8 Å². The van der Waals surface area contributed by atoms with Crippen molar-refractivity contribution in [2.45, 2.75) is 25.4 Å². The molecule has 22 heavy (non-hydrogen) atoms. The van der Waals surface area contributed by atoms with Crippen molar-refractivity contribution in [3.63, 3.8) is 0 Å². The third-order valence-corrected chi connectivity index (χ3v) is 4.08. The first-order chi connectivity index (χ1) is 10.5. The fourth-order valence-corrected chi connectivity index (χ4v) is 3.01. The van der Waals surface area contributed by atoms with Gasteiger partial charge in [0.1, 0.15) is 17.0 Å². The Morgan fingerprint density at radius 1 is 1.45 bits per heavy atom. The van der Waals surface area contributed by atoms with Gasteiger partial charge in [-0.3, -0.25) is 10.1 Å². The number of morpholine rings is 1. The van der Waals surface area contributed by atoms with Crippen LogP contribution in [0.4, 0.5) is 11.4 Å². The maximum atomic E-state index is 11.4. The van der Waals surface area contributed by atoms with Crippen LogP contribution in [0, 0.1) is 21.4 Å². The van der Waals surface area contributed by atoms with Gasteiger partial charge in [-0.15, -0.1) is 0 Å². The molecule has 0 aliphatic carbocycles. The van der Waals surface area contributed by atoms with Gasteiger partial charge in [-0.2, -0.15) is 5.26 Å². The molecule has 1 unspecified atom stereocenters. The van der Waals surface area contributed by atoms with E-state index in [2.05, 4.69) is 6.07 Å². The lowest BCUT2D eigenvalue weighted by atomic mass is 9.96. The molecule has 2 aliphatic heterocycles. The second-order valence-electron chi connectivity index (χ2n) is 5.87. The molecule has 2 heterocycles. The number of hydrogen-bond donors (Lipinski definition) is 0. The van der Waals surface area contributed by atoms with Gasteiger partial charge in [-0.05, 0) is 6.92 Å². The van der Waals surface area contributed by atoms with Crippen molar-refractivity contribution in [1.82, 2.24) is 0 Å². The van der Waals surface area contributed by atoms with Gasteiger partial charge < -0.3 is 14.4 Å². The maximum Gasteiger partial charge on any atom is 0.293 e. The van der Waals surface area contributed by atoms with E-state index in [1.807, 2.05) is 11.8 Å². The van der Waals surface area contributed by atoms with Gasteiger partial charge in [0.2, 0.25) is 0 Å². The van der Waals surface area contributed by atoms with Crippen molar-refractivity contribution < 1.29 is 14.4 Å². The van der Waals surface area contributed by atoms with E-state index in [-0.39, 0.29) is 17.0 Å². The zero-order chi connectivity index (χ0) is 15.7. The monoisotopic (exact) mass is 303 g/mol. The smallest absolute Gasteiger partial charge is 0.293 e. The molecular weight excluding hydrogens is 286 g/mol. The Hall–Kier alpha value is -2.33. The summed E-state index contributed by atoms with van der Waals surface area (Å²) < 4.78 is 11.2. The highest BCUT2D eigenvalue weighted by Gasteiger charge is 2.37. The lowest BCUT2D eigenvalue weighted by Crippen LogP contribution is -2.36. The highest BCUT2D eigenvalue weighted by Crippen LogP contribution is 2.43. The minimum atomic E-state index is -0.603. The molecule has 116 valence electrons. The average Bonchev–Trinajstić information content (AvgIpc) is 2.82. The van der Waals surface area contributed by atoms with E-state index in [0.717, 1.165) is 5.56 Å². The van der Waals surface area contributed by atoms with Gasteiger partial charge in [0, 0.05) is 37.2 Å². The predicted octanol–water partition coefficient (Wildman–Crippen LogP) is 2.04. The largest absolute Gasteiger partial charge is 0.486 e. The lowest BCUT2D eigenvalue weighted by molar-refractivity contribution is -0.384. The third-order valence-electron chi connectivity index (χ3n) is 4.08. The van der Waals surface area contributed by atoms with Gasteiger partial charge >= 0.3 is 0 Å². The summed E-state index contributed by atoms with van der Waals surface area (Å²) in [6.07, 6.45) is 0.766. The summed E-state index contributed by atoms with van der Waals surface area (Å²) in [6.45, 7) is 4.21. The molecule has 0 N–H and O–H groups in total. The van der Waals surface area contributed by atoms with E-state index in [1.165, 1.54) is 0 Å². The number of ether oxygens (including phenoxy) is 2. The molecule has 0 radical (unpaired) electrons. The molecule has 1 aromatic rings. The molecule has 7 heteroatoms. The van der Waals surface area contributed by atoms with Gasteiger partial charge in [0.15, 0.2) is 0 Å². The van der Waals surface area contributed by atoms with Crippen molar-refractivity contribution >= 4 is 11.4 Å². The van der Waals surface area contributed by atoms with Crippen LogP contribution in [-0.2, 0) is 11.2 Å². The number of nitrogens with zero attached hydrogens (tertiary/aromatic N) is 3. The van der Waals surface area contributed by atoms with Gasteiger partial charge in [0.05, 0.1) is 30.6 Å². The quantitative estimate of drug-likeness (QED) is 0.627. The number of benzene rings is 1. The molecule has 0 aromatic heterocycles. The fraction of sp³-hybridized carbons (Fsp3) is 0.533. The van der Waals surface area contributed by atoms with Gasteiger partial charge in [-0.1, -0.05) is 0 Å². The minimum absolute atomic E-state index is 0.0884. The second-order valence-corrected chi connectivity index (χ2v) is 5.87. The highest BCUT2D eigenvalue weighted by atomic mass is 16.6. The third kappa shape index (κ3) is 2.57. The van der Waals surface area contributed by atoms with Crippen molar-refractivity contribution in [2.24, 2.45) is 0 Å². The Morgan fingerprint density at radius 3 is 2.82 bits per heavy atom. The molecule has 1 saturated heterocycles. The van der Waals surface area contributed by atoms with Crippen molar-refractivity contribution in [2.75, 3.05) is 31.2 Å². The first kappa shape index (κ1) is 14.6. The van der Waals surface area contributed by atoms with Gasteiger partial charge in [-0.25, -0.2) is 0 Å². The zero-order valence-electron chi connectivity index (χ0n) is 12.4. The molecule has 1 atom stereocenters. The maximum absolute atomic E-state index is 11.4. The summed E-state index contributed by atoms with van der Waals surface area (Å²) in [4.78, 5) is 13.0. The molecule has 1 aromatic carbocycles. The second kappa shape index (κ2) is 5.46. The summed E-state index contributed by atoms with van der Waals surface area (Å²) >= 11 is 0. The zero-order valence-corrected chi connectivity index (χ0v) is 12.4. The Morgan fingerprint density at radius 2 is 2.18 bits per heavy atom. The molecule has 0 bridgehead atoms. The number of nitriles is 1. The van der Waals surface area contributed by atoms with Gasteiger partial charge in [0.25, 0.3) is 5.69 Å². The number of nitro groups is 1. The van der Waals surface area contributed by atoms with E-state index in [4.69, 9.17) is 14.7 Å². The molecule has 0 amide bonds. The molecule has 7 nitrogen and oxygen atoms in total. The number of hydrogen-bond acceptors (Lipinski definition) is 6. The van der Waals surface area contributed by atoms with E-state index in [9.17, 15) is 10.1 Å². The summed E-state index contributed by atoms with van der Waals surface area (Å²) in [5.41, 5.74) is 0.842. The standard InChI is InChI=1S/C15H17N3O4/c1-15(2-3-16)10-11-8-13(18(19)20)12(9-14(11)22-15)17-4-6-21-7-5-17/h8-9H,2,4-7,10H2,1H3. The Bertz CT molecular complexity index is 649. The molecule has 1 fully saturated rings. The summed E-state index contributed by atoms with van der Waals surface area (Å²) in [7, 11) is 0. The van der Waals surface area contributed by atoms with E-state index in [1.54, 1.807) is 12.1 Å². The van der Waals surface area contributed by atoms with E-state index < -0.39 is 5.60 Å². The first-order valence-electron chi connectivity index (χ1n) is 7.22. The van der Waals surface area contributed by atoms with E-state index >= 15 is 0 Å². The average molecular weight is 303 g/mol. The van der Waals surface area contributed by atoms with Crippen LogP contribution in [0.5, 0.6) is 5.75 Å². The molecule has 0 saturated carbocycles. The Kier molecular flexibility index (Phi) is 3.62. The highest BCUT2D eigenvalue weighted by molar-refractivity contribution is 5.69. The summed E-state index contributed by atoms with van der Waals surface area (Å²) in [6, 6.07) is 5.44. The Labute approximate surface area is 128 Å². The van der Waals surface area contributed by atoms with Crippen molar-refractivity contribution in [3.8, 4) is 11.8 Å². The van der Waals surface area contributed by atoms with Crippen LogP contribution in [0.2, 0.25) is 0 Å². The minimum Gasteiger partial charge on any atom is -0.486 e. The van der Waals surface area contributed by atoms with Crippen LogP contribution in [0.15, 0.2) is 12.1 Å². The predicted molar refractivity (Wildman–Crippen MR) is 79.1 cm³/mol. The fourth-order valence-electron chi connectivity index (χ4n) is 3.01. The number of nitro benzene ring substituents is 1. The first-order valence-corrected chi connectivity index (χ1v) is 7.22. The summed E-state index contributed by atoms with van der Waals surface area (Å²) in [5, 5.41) is 20.3. The van der Waals surface area contributed by atoms with Crippen LogP contribution in [0.25, 0.3) is 0 Å². The Balaban J connectivity index is 1.99. The molecule has 3 rings (SSSR count). The number of rotatable bonds is 3. The number of fused-ring (bicyclic) bond motifs is 1. The normalized spacial score (nSPS) is 23.5. The molecular formula is C15H17N3O4.